The van der Waals surface area contributed by atoms with E-state index in [9.17, 15) is 0 Å². The second-order valence-electron chi connectivity index (χ2n) is 3.75. The highest BCUT2D eigenvalue weighted by Gasteiger charge is 2.36. The molecule has 2 heterocycles. The Morgan fingerprint density at radius 3 is 3.00 bits per heavy atom. The van der Waals surface area contributed by atoms with Crippen molar-refractivity contribution in [3.8, 4) is 0 Å². The van der Waals surface area contributed by atoms with Crippen molar-refractivity contribution < 1.29 is 0 Å². The third-order valence-electron chi connectivity index (χ3n) is 3.08. The number of nitrogens with zero attached hydrogens (tertiary/aromatic N) is 3. The van der Waals surface area contributed by atoms with Crippen molar-refractivity contribution in [2.75, 3.05) is 0 Å². The molecule has 3 rings (SSSR count). The van der Waals surface area contributed by atoms with Crippen molar-refractivity contribution in [3.05, 3.63) is 29.8 Å². The van der Waals surface area contributed by atoms with Gasteiger partial charge in [0.1, 0.15) is 0 Å². The van der Waals surface area contributed by atoms with Gasteiger partial charge in [-0.15, -0.1) is 0 Å². The maximum atomic E-state index is 4.48. The van der Waals surface area contributed by atoms with Crippen molar-refractivity contribution in [3.63, 3.8) is 0 Å². The fourth-order valence-corrected chi connectivity index (χ4v) is 2.09. The zero-order valence-corrected chi connectivity index (χ0v) is 7.73. The summed E-state index contributed by atoms with van der Waals surface area (Å²) < 4.78 is 2.10. The molecule has 2 atom stereocenters. The minimum atomic E-state index is 0.594. The first-order chi connectivity index (χ1) is 6.29. The van der Waals surface area contributed by atoms with Gasteiger partial charge >= 0.3 is 0 Å². The van der Waals surface area contributed by atoms with E-state index in [-0.39, 0.29) is 0 Å². The molecule has 2 unspecified atom stereocenters. The molecule has 66 valence electrons. The molecule has 0 saturated heterocycles. The van der Waals surface area contributed by atoms with E-state index in [1.54, 1.807) is 6.20 Å². The molecule has 1 aliphatic carbocycles. The Labute approximate surface area is 76.4 Å². The molecule has 0 spiro atoms. The van der Waals surface area contributed by atoms with Gasteiger partial charge in [0.15, 0.2) is 0 Å². The lowest BCUT2D eigenvalue weighted by Crippen LogP contribution is -2.20. The first kappa shape index (κ1) is 7.06. The molecule has 0 bridgehead atoms. The fraction of sp³-hybridized carbons (Fsp3) is 0.400. The highest BCUT2D eigenvalue weighted by molar-refractivity contribution is 5.45. The van der Waals surface area contributed by atoms with Gasteiger partial charge < -0.3 is 0 Å². The lowest BCUT2D eigenvalue weighted by molar-refractivity contribution is 0.511. The maximum Gasteiger partial charge on any atom is 0.234 e. The minimum absolute atomic E-state index is 0.594. The monoisotopic (exact) mass is 173 g/mol. The Balaban J connectivity index is 2.39. The van der Waals surface area contributed by atoms with Gasteiger partial charge in [-0.1, -0.05) is 13.8 Å². The smallest absolute Gasteiger partial charge is 0.234 e. The molecule has 3 nitrogen and oxygen atoms in total. The number of imidazole rings is 1. The van der Waals surface area contributed by atoms with Crippen LogP contribution in [0.4, 0.5) is 0 Å². The first-order valence-electron chi connectivity index (χ1n) is 4.62. The van der Waals surface area contributed by atoms with E-state index in [1.807, 2.05) is 12.3 Å². The van der Waals surface area contributed by atoms with Crippen molar-refractivity contribution in [1.82, 2.24) is 14.4 Å². The Morgan fingerprint density at radius 1 is 1.31 bits per heavy atom. The van der Waals surface area contributed by atoms with Crippen LogP contribution in [-0.2, 0) is 0 Å². The van der Waals surface area contributed by atoms with Crippen LogP contribution in [0, 0.1) is 0 Å². The third kappa shape index (κ3) is 0.698. The summed E-state index contributed by atoms with van der Waals surface area (Å²) in [6.07, 6.45) is 3.83. The predicted octanol–water partition coefficient (Wildman–Crippen LogP) is 1.95. The molecule has 2 aromatic rings. The fourth-order valence-electron chi connectivity index (χ4n) is 2.09. The van der Waals surface area contributed by atoms with Gasteiger partial charge in [0.05, 0.1) is 11.4 Å². The van der Waals surface area contributed by atoms with Crippen LogP contribution in [0.5, 0.6) is 0 Å². The quantitative estimate of drug-likeness (QED) is 0.609. The minimum Gasteiger partial charge on any atom is -0.288 e. The SMILES string of the molecule is CC1c2nc3ncccn3c2C1C. The van der Waals surface area contributed by atoms with E-state index in [0.29, 0.717) is 11.8 Å². The van der Waals surface area contributed by atoms with Crippen LogP contribution in [0.15, 0.2) is 18.5 Å². The molecule has 0 amide bonds. The van der Waals surface area contributed by atoms with E-state index in [4.69, 9.17) is 0 Å². The lowest BCUT2D eigenvalue weighted by atomic mass is 9.77. The summed E-state index contributed by atoms with van der Waals surface area (Å²) in [6.45, 7) is 4.47. The van der Waals surface area contributed by atoms with E-state index in [2.05, 4.69) is 28.2 Å². The summed E-state index contributed by atoms with van der Waals surface area (Å²) in [4.78, 5) is 8.71. The molecule has 0 radical (unpaired) electrons. The summed E-state index contributed by atoms with van der Waals surface area (Å²) in [6, 6.07) is 1.95. The number of hydrogen-bond donors (Lipinski definition) is 0. The Hall–Kier alpha value is -1.38. The molecule has 0 saturated carbocycles. The summed E-state index contributed by atoms with van der Waals surface area (Å²) >= 11 is 0. The second-order valence-corrected chi connectivity index (χ2v) is 3.75. The maximum absolute atomic E-state index is 4.48. The molecular formula is C10H11N3. The van der Waals surface area contributed by atoms with Gasteiger partial charge in [0, 0.05) is 24.2 Å². The van der Waals surface area contributed by atoms with Gasteiger partial charge in [-0.05, 0) is 6.07 Å². The van der Waals surface area contributed by atoms with Crippen LogP contribution >= 0.6 is 0 Å². The van der Waals surface area contributed by atoms with Crippen LogP contribution in [-0.4, -0.2) is 14.4 Å². The van der Waals surface area contributed by atoms with Gasteiger partial charge in [-0.25, -0.2) is 9.97 Å². The van der Waals surface area contributed by atoms with Crippen molar-refractivity contribution in [2.24, 2.45) is 0 Å². The normalized spacial score (nSPS) is 25.7. The van der Waals surface area contributed by atoms with Crippen LogP contribution in [0.1, 0.15) is 37.1 Å². The van der Waals surface area contributed by atoms with E-state index < -0.39 is 0 Å². The lowest BCUT2D eigenvalue weighted by Gasteiger charge is -2.29. The predicted molar refractivity (Wildman–Crippen MR) is 49.8 cm³/mol. The van der Waals surface area contributed by atoms with E-state index in [0.717, 1.165) is 5.78 Å². The zero-order valence-electron chi connectivity index (χ0n) is 7.73. The van der Waals surface area contributed by atoms with E-state index >= 15 is 0 Å². The zero-order chi connectivity index (χ0) is 9.00. The average Bonchev–Trinajstić information content (AvgIpc) is 2.52. The number of fused-ring (bicyclic) bond motifs is 3. The van der Waals surface area contributed by atoms with Gasteiger partial charge in [0.25, 0.3) is 0 Å². The Bertz CT molecular complexity index is 472. The average molecular weight is 173 g/mol. The number of aromatic nitrogens is 3. The molecule has 1 aliphatic rings. The Kier molecular flexibility index (Phi) is 1.14. The first-order valence-corrected chi connectivity index (χ1v) is 4.62. The van der Waals surface area contributed by atoms with Crippen LogP contribution in [0.25, 0.3) is 5.78 Å². The highest BCUT2D eigenvalue weighted by atomic mass is 15.1. The van der Waals surface area contributed by atoms with Crippen molar-refractivity contribution in [2.45, 2.75) is 25.7 Å². The summed E-state index contributed by atoms with van der Waals surface area (Å²) in [7, 11) is 0. The standard InChI is InChI=1S/C10H11N3/c1-6-7(2)9-8(6)12-10-11-4-3-5-13(9)10/h3-7H,1-2H3. The molecule has 3 heteroatoms. The third-order valence-corrected chi connectivity index (χ3v) is 3.08. The Morgan fingerprint density at radius 2 is 2.15 bits per heavy atom. The van der Waals surface area contributed by atoms with Gasteiger partial charge in [0.2, 0.25) is 5.78 Å². The molecule has 0 fully saturated rings. The largest absolute Gasteiger partial charge is 0.288 e. The number of rotatable bonds is 0. The second kappa shape index (κ2) is 2.10. The molecule has 0 aliphatic heterocycles. The summed E-state index contributed by atoms with van der Waals surface area (Å²) in [5.41, 5.74) is 2.57. The molecule has 0 aromatic carbocycles. The molecular weight excluding hydrogens is 162 g/mol. The summed E-state index contributed by atoms with van der Waals surface area (Å²) in [5.74, 6) is 2.05. The van der Waals surface area contributed by atoms with Crippen LogP contribution < -0.4 is 0 Å². The topological polar surface area (TPSA) is 30.2 Å². The van der Waals surface area contributed by atoms with Crippen LogP contribution in [0.3, 0.4) is 0 Å². The van der Waals surface area contributed by atoms with Crippen molar-refractivity contribution in [1.29, 1.82) is 0 Å². The number of hydrogen-bond acceptors (Lipinski definition) is 2. The molecule has 13 heavy (non-hydrogen) atoms. The van der Waals surface area contributed by atoms with E-state index in [1.165, 1.54) is 11.4 Å². The van der Waals surface area contributed by atoms with Gasteiger partial charge in [-0.3, -0.25) is 4.40 Å². The molecule has 2 aromatic heterocycles. The molecule has 0 N–H and O–H groups in total. The summed E-state index contributed by atoms with van der Waals surface area (Å²) in [5, 5.41) is 0. The van der Waals surface area contributed by atoms with Crippen LogP contribution in [0.2, 0.25) is 0 Å². The highest BCUT2D eigenvalue weighted by Crippen LogP contribution is 2.45. The van der Waals surface area contributed by atoms with Gasteiger partial charge in [-0.2, -0.15) is 0 Å². The van der Waals surface area contributed by atoms with Crippen molar-refractivity contribution >= 4 is 5.78 Å².